The van der Waals surface area contributed by atoms with Crippen LogP contribution in [0, 0.1) is 6.92 Å². The molecule has 4 rings (SSSR count). The lowest BCUT2D eigenvalue weighted by atomic mass is 10.2. The summed E-state index contributed by atoms with van der Waals surface area (Å²) < 4.78 is 7.24. The first-order valence-electron chi connectivity index (χ1n) is 12.5. The van der Waals surface area contributed by atoms with Crippen molar-refractivity contribution in [3.8, 4) is 22.8 Å². The second kappa shape index (κ2) is 12.9. The summed E-state index contributed by atoms with van der Waals surface area (Å²) in [5.74, 6) is 1.37. The summed E-state index contributed by atoms with van der Waals surface area (Å²) >= 11 is 1.31. The van der Waals surface area contributed by atoms with E-state index in [1.165, 1.54) is 17.4 Å². The number of amides is 1. The van der Waals surface area contributed by atoms with Crippen LogP contribution >= 0.6 is 11.8 Å². The number of hydrogen-bond donors (Lipinski definition) is 1. The molecule has 0 aliphatic carbocycles. The molecule has 1 N–H and O–H groups in total. The summed E-state index contributed by atoms with van der Waals surface area (Å²) in [5, 5.41) is 13.6. The van der Waals surface area contributed by atoms with Crippen molar-refractivity contribution in [1.29, 1.82) is 0 Å². The highest BCUT2D eigenvalue weighted by atomic mass is 32.2. The number of ether oxygens (including phenoxy) is 1. The summed E-state index contributed by atoms with van der Waals surface area (Å²) in [7, 11) is 1.64. The predicted molar refractivity (Wildman–Crippen MR) is 155 cm³/mol. The van der Waals surface area contributed by atoms with Gasteiger partial charge in [-0.05, 0) is 74.9 Å². The average molecular weight is 529 g/mol. The monoisotopic (exact) mass is 528 g/mol. The molecule has 38 heavy (non-hydrogen) atoms. The molecule has 1 heterocycles. The molecule has 0 atom stereocenters. The Morgan fingerprint density at radius 1 is 1.00 bits per heavy atom. The molecule has 0 unspecified atom stereocenters. The minimum atomic E-state index is -0.226. The molecule has 196 valence electrons. The number of aryl methyl sites for hydroxylation is 1. The van der Waals surface area contributed by atoms with Crippen LogP contribution < -0.4 is 15.1 Å². The molecule has 0 fully saturated rings. The van der Waals surface area contributed by atoms with Crippen LogP contribution in [0.2, 0.25) is 0 Å². The Bertz CT molecular complexity index is 1360. The van der Waals surface area contributed by atoms with E-state index in [0.29, 0.717) is 11.0 Å². The fraction of sp³-hybridized carbons (Fsp3) is 0.241. The van der Waals surface area contributed by atoms with Crippen LogP contribution in [0.25, 0.3) is 17.1 Å². The van der Waals surface area contributed by atoms with E-state index in [0.717, 1.165) is 41.2 Å². The molecular formula is C29H32N6O2S. The van der Waals surface area contributed by atoms with Gasteiger partial charge in [-0.3, -0.25) is 9.36 Å². The van der Waals surface area contributed by atoms with Crippen molar-refractivity contribution in [3.05, 3.63) is 83.9 Å². The molecule has 0 aliphatic heterocycles. The van der Waals surface area contributed by atoms with E-state index in [1.54, 1.807) is 13.3 Å². The first-order valence-corrected chi connectivity index (χ1v) is 13.5. The number of carbonyl (C=O) groups excluding carboxylic acids is 1. The van der Waals surface area contributed by atoms with Gasteiger partial charge in [0.15, 0.2) is 11.0 Å². The Kier molecular flexibility index (Phi) is 9.16. The van der Waals surface area contributed by atoms with Crippen molar-refractivity contribution in [1.82, 2.24) is 20.2 Å². The number of thioether (sulfide) groups is 1. The minimum Gasteiger partial charge on any atom is -0.497 e. The fourth-order valence-corrected chi connectivity index (χ4v) is 4.66. The van der Waals surface area contributed by atoms with Gasteiger partial charge in [0.05, 0.1) is 19.1 Å². The standard InChI is InChI=1S/C29H32N6O2S/c1-5-34(6-2)24-15-9-22(10-16-24)19-30-31-27(36)20-38-29-33-32-28(23-11-17-26(37-4)18-12-23)35(29)25-13-7-21(3)8-14-25/h7-19H,5-6,20H2,1-4H3,(H,31,36)/b30-19+. The lowest BCUT2D eigenvalue weighted by molar-refractivity contribution is -0.118. The number of nitrogens with zero attached hydrogens (tertiary/aromatic N) is 5. The molecule has 1 aromatic heterocycles. The van der Waals surface area contributed by atoms with E-state index in [2.05, 4.69) is 51.6 Å². The Morgan fingerprint density at radius 3 is 2.32 bits per heavy atom. The Morgan fingerprint density at radius 2 is 1.68 bits per heavy atom. The lowest BCUT2D eigenvalue weighted by Crippen LogP contribution is -2.21. The highest BCUT2D eigenvalue weighted by Crippen LogP contribution is 2.29. The van der Waals surface area contributed by atoms with Crippen LogP contribution in [0.15, 0.2) is 83.1 Å². The second-order valence-electron chi connectivity index (χ2n) is 8.55. The van der Waals surface area contributed by atoms with Crippen LogP contribution in [0.3, 0.4) is 0 Å². The zero-order valence-electron chi connectivity index (χ0n) is 22.1. The topological polar surface area (TPSA) is 84.6 Å². The summed E-state index contributed by atoms with van der Waals surface area (Å²) in [4.78, 5) is 14.8. The number of nitrogens with one attached hydrogen (secondary N) is 1. The number of anilines is 1. The summed E-state index contributed by atoms with van der Waals surface area (Å²) in [6, 6.07) is 23.9. The Balaban J connectivity index is 1.44. The number of aromatic nitrogens is 3. The first kappa shape index (κ1) is 26.9. The van der Waals surface area contributed by atoms with Crippen molar-refractivity contribution in [2.75, 3.05) is 30.9 Å². The normalized spacial score (nSPS) is 11.1. The summed E-state index contributed by atoms with van der Waals surface area (Å²) in [5.41, 5.74) is 7.65. The smallest absolute Gasteiger partial charge is 0.250 e. The van der Waals surface area contributed by atoms with Crippen LogP contribution in [0.1, 0.15) is 25.0 Å². The predicted octanol–water partition coefficient (Wildman–Crippen LogP) is 5.34. The molecule has 0 bridgehead atoms. The van der Waals surface area contributed by atoms with Gasteiger partial charge < -0.3 is 9.64 Å². The number of hydrogen-bond acceptors (Lipinski definition) is 7. The highest BCUT2D eigenvalue weighted by molar-refractivity contribution is 7.99. The van der Waals surface area contributed by atoms with E-state index >= 15 is 0 Å². The molecule has 0 saturated heterocycles. The average Bonchev–Trinajstić information content (AvgIpc) is 3.38. The van der Waals surface area contributed by atoms with Gasteiger partial charge in [-0.2, -0.15) is 5.10 Å². The maximum Gasteiger partial charge on any atom is 0.250 e. The summed E-state index contributed by atoms with van der Waals surface area (Å²) in [6.07, 6.45) is 1.64. The van der Waals surface area contributed by atoms with E-state index < -0.39 is 0 Å². The van der Waals surface area contributed by atoms with Crippen LogP contribution in [0.5, 0.6) is 5.75 Å². The maximum absolute atomic E-state index is 12.5. The third-order valence-corrected chi connectivity index (χ3v) is 6.96. The molecule has 3 aromatic carbocycles. The molecule has 0 aliphatic rings. The van der Waals surface area contributed by atoms with Crippen molar-refractivity contribution >= 4 is 29.6 Å². The van der Waals surface area contributed by atoms with Crippen molar-refractivity contribution in [3.63, 3.8) is 0 Å². The number of rotatable bonds is 11. The zero-order valence-corrected chi connectivity index (χ0v) is 22.9. The van der Waals surface area contributed by atoms with Gasteiger partial charge in [-0.25, -0.2) is 5.43 Å². The van der Waals surface area contributed by atoms with Gasteiger partial charge in [0.1, 0.15) is 5.75 Å². The molecule has 4 aromatic rings. The zero-order chi connectivity index (χ0) is 26.9. The minimum absolute atomic E-state index is 0.144. The van der Waals surface area contributed by atoms with Crippen LogP contribution in [-0.4, -0.2) is 52.8 Å². The molecule has 9 heteroatoms. The molecule has 8 nitrogen and oxygen atoms in total. The van der Waals surface area contributed by atoms with Gasteiger partial charge in [0.2, 0.25) is 0 Å². The fourth-order valence-electron chi connectivity index (χ4n) is 3.92. The van der Waals surface area contributed by atoms with Gasteiger partial charge in [0.25, 0.3) is 5.91 Å². The van der Waals surface area contributed by atoms with Crippen molar-refractivity contribution in [2.24, 2.45) is 5.10 Å². The Hall–Kier alpha value is -4.11. The van der Waals surface area contributed by atoms with Gasteiger partial charge in [-0.15, -0.1) is 10.2 Å². The van der Waals surface area contributed by atoms with Crippen molar-refractivity contribution < 1.29 is 9.53 Å². The summed E-state index contributed by atoms with van der Waals surface area (Å²) in [6.45, 7) is 8.22. The van der Waals surface area contributed by atoms with E-state index in [4.69, 9.17) is 4.74 Å². The van der Waals surface area contributed by atoms with Gasteiger partial charge >= 0.3 is 0 Å². The van der Waals surface area contributed by atoms with E-state index in [9.17, 15) is 4.79 Å². The van der Waals surface area contributed by atoms with Gasteiger partial charge in [-0.1, -0.05) is 41.6 Å². The second-order valence-corrected chi connectivity index (χ2v) is 9.49. The van der Waals surface area contributed by atoms with E-state index in [-0.39, 0.29) is 11.7 Å². The molecule has 1 amide bonds. The molecule has 0 saturated carbocycles. The lowest BCUT2D eigenvalue weighted by Gasteiger charge is -2.20. The number of benzene rings is 3. The molecular weight excluding hydrogens is 496 g/mol. The van der Waals surface area contributed by atoms with Crippen LogP contribution in [-0.2, 0) is 4.79 Å². The van der Waals surface area contributed by atoms with Crippen molar-refractivity contribution in [2.45, 2.75) is 25.9 Å². The third kappa shape index (κ3) is 6.60. The first-order chi connectivity index (χ1) is 18.5. The third-order valence-electron chi connectivity index (χ3n) is 6.03. The van der Waals surface area contributed by atoms with E-state index in [1.807, 2.05) is 72.2 Å². The maximum atomic E-state index is 12.5. The Labute approximate surface area is 227 Å². The number of methoxy groups -OCH3 is 1. The number of carbonyl (C=O) groups is 1. The number of hydrazone groups is 1. The SMILES string of the molecule is CCN(CC)c1ccc(/C=N/NC(=O)CSc2nnc(-c3ccc(OC)cc3)n2-c2ccc(C)cc2)cc1. The van der Waals surface area contributed by atoms with Crippen LogP contribution in [0.4, 0.5) is 5.69 Å². The quantitative estimate of drug-likeness (QED) is 0.161. The highest BCUT2D eigenvalue weighted by Gasteiger charge is 2.17. The van der Waals surface area contributed by atoms with Gasteiger partial charge in [0, 0.05) is 30.0 Å². The molecule has 0 radical (unpaired) electrons. The molecule has 0 spiro atoms. The largest absolute Gasteiger partial charge is 0.497 e.